The van der Waals surface area contributed by atoms with E-state index < -0.39 is 0 Å². The van der Waals surface area contributed by atoms with Gasteiger partial charge in [0, 0.05) is 37.3 Å². The van der Waals surface area contributed by atoms with Crippen molar-refractivity contribution in [3.8, 4) is 22.4 Å². The summed E-state index contributed by atoms with van der Waals surface area (Å²) in [6.45, 7) is 14.0. The van der Waals surface area contributed by atoms with Crippen LogP contribution in [0.3, 0.4) is 0 Å². The summed E-state index contributed by atoms with van der Waals surface area (Å²) in [6, 6.07) is 38.8. The van der Waals surface area contributed by atoms with Crippen LogP contribution in [0.15, 0.2) is 109 Å². The largest absolute Gasteiger partial charge is 0.256 e. The molecular formula is C44H39NS. The lowest BCUT2D eigenvalue weighted by atomic mass is 9.79. The highest BCUT2D eigenvalue weighted by Gasteiger charge is 2.22. The van der Waals surface area contributed by atoms with Crippen molar-refractivity contribution in [2.24, 2.45) is 0 Å². The molecule has 0 N–H and O–H groups in total. The molecule has 2 heteroatoms. The minimum absolute atomic E-state index is 0.410. The second-order valence-electron chi connectivity index (χ2n) is 13.7. The first-order valence-electron chi connectivity index (χ1n) is 16.6. The summed E-state index contributed by atoms with van der Waals surface area (Å²) in [5, 5.41) is 10.3. The highest BCUT2D eigenvalue weighted by Crippen LogP contribution is 2.45. The van der Waals surface area contributed by atoms with Crippen LogP contribution in [0, 0.1) is 0 Å². The molecule has 1 nitrogen and oxygen atoms in total. The van der Waals surface area contributed by atoms with Crippen molar-refractivity contribution in [2.45, 2.75) is 59.3 Å². The van der Waals surface area contributed by atoms with Crippen LogP contribution in [-0.2, 0) is 0 Å². The Labute approximate surface area is 275 Å². The fraction of sp³-hybridized carbons (Fsp3) is 0.205. The molecule has 0 bridgehead atoms. The van der Waals surface area contributed by atoms with Gasteiger partial charge in [-0.25, -0.2) is 0 Å². The molecule has 0 amide bonds. The van der Waals surface area contributed by atoms with Gasteiger partial charge in [0.25, 0.3) is 0 Å². The number of hydrogen-bond acceptors (Lipinski definition) is 2. The molecule has 8 aromatic rings. The van der Waals surface area contributed by atoms with Crippen molar-refractivity contribution in [2.75, 3.05) is 0 Å². The van der Waals surface area contributed by atoms with E-state index in [0.29, 0.717) is 17.8 Å². The zero-order chi connectivity index (χ0) is 31.7. The summed E-state index contributed by atoms with van der Waals surface area (Å²) in [7, 11) is 0. The van der Waals surface area contributed by atoms with E-state index in [0.717, 1.165) is 5.69 Å². The monoisotopic (exact) mass is 613 g/mol. The highest BCUT2D eigenvalue weighted by molar-refractivity contribution is 7.25. The van der Waals surface area contributed by atoms with Gasteiger partial charge in [0.15, 0.2) is 0 Å². The van der Waals surface area contributed by atoms with Gasteiger partial charge in [-0.2, -0.15) is 0 Å². The quantitative estimate of drug-likeness (QED) is 0.176. The van der Waals surface area contributed by atoms with Gasteiger partial charge in [0.05, 0.1) is 5.69 Å². The number of benzene rings is 6. The summed E-state index contributed by atoms with van der Waals surface area (Å²) >= 11 is 1.86. The number of fused-ring (bicyclic) bond motifs is 8. The minimum atomic E-state index is 0.410. The molecule has 0 radical (unpaired) electrons. The summed E-state index contributed by atoms with van der Waals surface area (Å²) < 4.78 is 2.63. The minimum Gasteiger partial charge on any atom is -0.256 e. The van der Waals surface area contributed by atoms with E-state index in [1.54, 1.807) is 0 Å². The van der Waals surface area contributed by atoms with Gasteiger partial charge in [-0.05, 0) is 96.8 Å². The number of hydrogen-bond donors (Lipinski definition) is 0. The SMILES string of the molecule is CC(C)c1cc(C(C)C)c(-c2cc3c4ccnc(-c5ccc6c(c5)sc5ccccc56)c4ccc3c3ccccc23)c(C(C)C)c1. The first kappa shape index (κ1) is 28.9. The molecule has 8 rings (SSSR count). The summed E-state index contributed by atoms with van der Waals surface area (Å²) in [4.78, 5) is 4.99. The maximum absolute atomic E-state index is 4.99. The molecule has 2 aromatic heterocycles. The standard InChI is InChI=1S/C44H39NS/c1-25(2)29-21-37(26(3)4)43(38(22-29)27(5)6)40-24-39-32(30-11-7-8-12-31(30)40)17-18-36-33(39)19-20-45-44(36)28-15-16-35-34-13-9-10-14-41(34)46-42(35)23-28/h7-27H,1-6H3. The maximum Gasteiger partial charge on any atom is 0.0780 e. The molecule has 0 unspecified atom stereocenters. The van der Waals surface area contributed by atoms with E-state index in [1.807, 2.05) is 17.5 Å². The molecule has 0 aliphatic rings. The molecule has 226 valence electrons. The molecule has 0 fully saturated rings. The molecule has 0 saturated carbocycles. The average Bonchev–Trinajstić information content (AvgIpc) is 3.44. The van der Waals surface area contributed by atoms with Gasteiger partial charge in [-0.15, -0.1) is 11.3 Å². The van der Waals surface area contributed by atoms with E-state index in [-0.39, 0.29) is 0 Å². The van der Waals surface area contributed by atoms with Crippen LogP contribution < -0.4 is 0 Å². The predicted octanol–water partition coefficient (Wildman–Crippen LogP) is 13.6. The lowest BCUT2D eigenvalue weighted by Crippen LogP contribution is -2.04. The molecule has 0 saturated heterocycles. The second-order valence-corrected chi connectivity index (χ2v) is 14.8. The highest BCUT2D eigenvalue weighted by atomic mass is 32.1. The molecule has 0 aliphatic heterocycles. The predicted molar refractivity (Wildman–Crippen MR) is 203 cm³/mol. The van der Waals surface area contributed by atoms with Crippen LogP contribution >= 0.6 is 11.3 Å². The Morgan fingerprint density at radius 3 is 1.78 bits per heavy atom. The Morgan fingerprint density at radius 1 is 0.478 bits per heavy atom. The maximum atomic E-state index is 4.99. The molecule has 0 atom stereocenters. The lowest BCUT2D eigenvalue weighted by molar-refractivity contribution is 0.808. The number of aromatic nitrogens is 1. The van der Waals surface area contributed by atoms with E-state index in [2.05, 4.69) is 145 Å². The van der Waals surface area contributed by atoms with Crippen molar-refractivity contribution in [1.82, 2.24) is 4.98 Å². The van der Waals surface area contributed by atoms with E-state index in [1.165, 1.54) is 85.9 Å². The third-order valence-corrected chi connectivity index (χ3v) is 11.0. The number of nitrogens with zero attached hydrogens (tertiary/aromatic N) is 1. The van der Waals surface area contributed by atoms with Crippen molar-refractivity contribution in [1.29, 1.82) is 0 Å². The summed E-state index contributed by atoms with van der Waals surface area (Å²) in [6.07, 6.45) is 2.00. The van der Waals surface area contributed by atoms with E-state index in [4.69, 9.17) is 4.98 Å². The Kier molecular flexibility index (Phi) is 6.96. The van der Waals surface area contributed by atoms with Crippen molar-refractivity contribution < 1.29 is 0 Å². The van der Waals surface area contributed by atoms with Gasteiger partial charge < -0.3 is 0 Å². The third kappa shape index (κ3) is 4.54. The van der Waals surface area contributed by atoms with Crippen molar-refractivity contribution >= 4 is 63.8 Å². The number of pyridine rings is 1. The fourth-order valence-electron chi connectivity index (χ4n) is 7.42. The van der Waals surface area contributed by atoms with E-state index >= 15 is 0 Å². The number of rotatable bonds is 5. The third-order valence-electron chi connectivity index (χ3n) is 9.84. The number of thiophene rings is 1. The molecule has 0 aliphatic carbocycles. The molecule has 46 heavy (non-hydrogen) atoms. The zero-order valence-corrected chi connectivity index (χ0v) is 28.3. The lowest BCUT2D eigenvalue weighted by Gasteiger charge is -2.25. The van der Waals surface area contributed by atoms with E-state index in [9.17, 15) is 0 Å². The van der Waals surface area contributed by atoms with Crippen LogP contribution in [0.2, 0.25) is 0 Å². The average molecular weight is 614 g/mol. The zero-order valence-electron chi connectivity index (χ0n) is 27.5. The van der Waals surface area contributed by atoms with Gasteiger partial charge in [0.1, 0.15) is 0 Å². The first-order valence-corrected chi connectivity index (χ1v) is 17.4. The molecule has 2 heterocycles. The molecule has 6 aromatic carbocycles. The van der Waals surface area contributed by atoms with Gasteiger partial charge in [-0.3, -0.25) is 4.98 Å². The van der Waals surface area contributed by atoms with Crippen LogP contribution in [0.1, 0.15) is 76.0 Å². The molecule has 0 spiro atoms. The first-order chi connectivity index (χ1) is 22.3. The van der Waals surface area contributed by atoms with Gasteiger partial charge in [-0.1, -0.05) is 120 Å². The Balaban J connectivity index is 1.43. The van der Waals surface area contributed by atoms with Crippen molar-refractivity contribution in [3.63, 3.8) is 0 Å². The Hall–Kier alpha value is -4.53. The Bertz CT molecular complexity index is 2430. The fourth-order valence-corrected chi connectivity index (χ4v) is 8.57. The van der Waals surface area contributed by atoms with Gasteiger partial charge >= 0.3 is 0 Å². The molecular weight excluding hydrogens is 575 g/mol. The van der Waals surface area contributed by atoms with Crippen LogP contribution in [-0.4, -0.2) is 4.98 Å². The van der Waals surface area contributed by atoms with Crippen LogP contribution in [0.25, 0.3) is 74.9 Å². The Morgan fingerprint density at radius 2 is 1.07 bits per heavy atom. The van der Waals surface area contributed by atoms with Gasteiger partial charge in [0.2, 0.25) is 0 Å². The second kappa shape index (κ2) is 11.1. The topological polar surface area (TPSA) is 12.9 Å². The van der Waals surface area contributed by atoms with Crippen LogP contribution in [0.5, 0.6) is 0 Å². The summed E-state index contributed by atoms with van der Waals surface area (Å²) in [5.41, 5.74) is 9.27. The van der Waals surface area contributed by atoms with Crippen molar-refractivity contribution in [3.05, 3.63) is 126 Å². The summed E-state index contributed by atoms with van der Waals surface area (Å²) in [5.74, 6) is 1.31. The normalized spacial score (nSPS) is 12.3. The smallest absolute Gasteiger partial charge is 0.0780 e. The van der Waals surface area contributed by atoms with Crippen LogP contribution in [0.4, 0.5) is 0 Å².